The number of fused-ring (bicyclic) bond motifs is 4. The number of rotatable bonds is 6. The van der Waals surface area contributed by atoms with Gasteiger partial charge in [-0.25, -0.2) is 15.0 Å². The molecule has 0 bridgehead atoms. The van der Waals surface area contributed by atoms with E-state index in [9.17, 15) is 6.85 Å². The quantitative estimate of drug-likeness (QED) is 0.170. The van der Waals surface area contributed by atoms with Crippen LogP contribution in [0.3, 0.4) is 0 Å². The standard InChI is InChI=1S/C55H35N3/c1-2-10-36(11-3-1)41-21-22-46-35-50(29-26-44(46)30-41)55-57-53(56-54(58-55)49-28-20-37-12-4-5-14-39(37)33-49)48-17-8-16-40(34-48)42-23-24-45-32-47(27-25-43(45)31-42)52-19-9-15-38-13-6-7-18-51(38)52/h1-35H/i23D,24D,25D,27D,31D,32D. The molecular formula is C55H35N3. The Bertz CT molecular complexity index is 3700. The molecule has 0 atom stereocenters. The van der Waals surface area contributed by atoms with Crippen molar-refractivity contribution < 1.29 is 8.22 Å². The molecule has 0 N–H and O–H groups in total. The molecule has 0 aliphatic heterocycles. The predicted octanol–water partition coefficient (Wildman–Crippen LogP) is 14.5. The molecule has 58 heavy (non-hydrogen) atoms. The fourth-order valence-electron chi connectivity index (χ4n) is 7.70. The SMILES string of the molecule is [2H]c1c(-c2cccc3ccccc23)c([2H])c2c([2H])c([2H])c(-c3cccc(-c4nc(-c5ccc6ccccc6c5)nc(-c5ccc6cc(-c7ccccc7)ccc6c5)n4)c3)c([2H])c2c1[2H]. The van der Waals surface area contributed by atoms with Crippen LogP contribution in [0, 0.1) is 0 Å². The maximum atomic E-state index is 9.49. The summed E-state index contributed by atoms with van der Waals surface area (Å²) in [4.78, 5) is 15.1. The summed E-state index contributed by atoms with van der Waals surface area (Å²) in [5, 5.41) is 5.98. The summed E-state index contributed by atoms with van der Waals surface area (Å²) in [5.74, 6) is 1.33. The first kappa shape index (κ1) is 27.8. The lowest BCUT2D eigenvalue weighted by Crippen LogP contribution is -2.00. The lowest BCUT2D eigenvalue weighted by atomic mass is 9.94. The Morgan fingerprint density at radius 1 is 0.276 bits per heavy atom. The number of nitrogens with zero attached hydrogens (tertiary/aromatic N) is 3. The first-order valence-corrected chi connectivity index (χ1v) is 19.2. The third-order valence-corrected chi connectivity index (χ3v) is 10.7. The van der Waals surface area contributed by atoms with Crippen LogP contribution in [-0.2, 0) is 0 Å². The summed E-state index contributed by atoms with van der Waals surface area (Å²) in [7, 11) is 0. The predicted molar refractivity (Wildman–Crippen MR) is 242 cm³/mol. The van der Waals surface area contributed by atoms with Gasteiger partial charge in [-0.3, -0.25) is 0 Å². The van der Waals surface area contributed by atoms with Gasteiger partial charge in [0.05, 0.1) is 8.22 Å². The van der Waals surface area contributed by atoms with E-state index in [1.807, 2.05) is 91.0 Å². The Hall–Kier alpha value is -7.75. The van der Waals surface area contributed by atoms with Gasteiger partial charge in [-0.15, -0.1) is 0 Å². The molecule has 11 rings (SSSR count). The molecule has 270 valence electrons. The molecule has 3 heteroatoms. The molecule has 10 aromatic carbocycles. The number of hydrogen-bond acceptors (Lipinski definition) is 3. The van der Waals surface area contributed by atoms with Gasteiger partial charge in [0.2, 0.25) is 0 Å². The molecule has 1 aromatic heterocycles. The van der Waals surface area contributed by atoms with Gasteiger partial charge in [-0.1, -0.05) is 176 Å². The van der Waals surface area contributed by atoms with Gasteiger partial charge in [0.1, 0.15) is 0 Å². The largest absolute Gasteiger partial charge is 0.208 e. The Kier molecular flexibility index (Phi) is 6.74. The molecule has 0 saturated carbocycles. The fraction of sp³-hybridized carbons (Fsp3) is 0. The lowest BCUT2D eigenvalue weighted by molar-refractivity contribution is 1.08. The monoisotopic (exact) mass is 743 g/mol. The van der Waals surface area contributed by atoms with E-state index < -0.39 is 0 Å². The van der Waals surface area contributed by atoms with Crippen molar-refractivity contribution in [3.05, 3.63) is 212 Å². The highest BCUT2D eigenvalue weighted by molar-refractivity contribution is 6.00. The van der Waals surface area contributed by atoms with Gasteiger partial charge in [-0.05, 0) is 113 Å². The van der Waals surface area contributed by atoms with Gasteiger partial charge in [-0.2, -0.15) is 0 Å². The average Bonchev–Trinajstić information content (AvgIpc) is 3.34. The van der Waals surface area contributed by atoms with Crippen molar-refractivity contribution >= 4 is 43.1 Å². The van der Waals surface area contributed by atoms with Crippen molar-refractivity contribution in [2.75, 3.05) is 0 Å². The van der Waals surface area contributed by atoms with Crippen LogP contribution in [0.5, 0.6) is 0 Å². The summed E-state index contributed by atoms with van der Waals surface area (Å²) < 4.78 is 55.8. The van der Waals surface area contributed by atoms with Crippen molar-refractivity contribution in [2.24, 2.45) is 0 Å². The number of benzene rings is 10. The average molecular weight is 744 g/mol. The Labute approximate surface area is 345 Å². The summed E-state index contributed by atoms with van der Waals surface area (Å²) in [5.41, 5.74) is 5.86. The minimum Gasteiger partial charge on any atom is -0.208 e. The first-order valence-electron chi connectivity index (χ1n) is 22.2. The molecule has 1 heterocycles. The van der Waals surface area contributed by atoms with Gasteiger partial charge in [0, 0.05) is 16.7 Å². The van der Waals surface area contributed by atoms with Gasteiger partial charge < -0.3 is 0 Å². The Balaban J connectivity index is 1.06. The maximum Gasteiger partial charge on any atom is 0.164 e. The highest BCUT2D eigenvalue weighted by atomic mass is 15.0. The van der Waals surface area contributed by atoms with E-state index in [0.29, 0.717) is 34.2 Å². The molecule has 0 fully saturated rings. The van der Waals surface area contributed by atoms with Gasteiger partial charge in [0.25, 0.3) is 0 Å². The normalized spacial score (nSPS) is 12.9. The molecule has 0 aliphatic rings. The molecule has 0 radical (unpaired) electrons. The van der Waals surface area contributed by atoms with Gasteiger partial charge >= 0.3 is 0 Å². The number of hydrogen-bond donors (Lipinski definition) is 0. The molecule has 0 amide bonds. The molecule has 0 saturated heterocycles. The van der Waals surface area contributed by atoms with E-state index in [1.54, 1.807) is 18.2 Å². The van der Waals surface area contributed by atoms with Crippen molar-refractivity contribution in [3.63, 3.8) is 0 Å². The van der Waals surface area contributed by atoms with Crippen molar-refractivity contribution in [1.82, 2.24) is 15.0 Å². The van der Waals surface area contributed by atoms with E-state index >= 15 is 0 Å². The van der Waals surface area contributed by atoms with Gasteiger partial charge in [0.15, 0.2) is 17.5 Å². The third kappa shape index (κ3) is 6.25. The minimum atomic E-state index is -0.278. The van der Waals surface area contributed by atoms with Crippen LogP contribution in [0.25, 0.3) is 111 Å². The summed E-state index contributed by atoms with van der Waals surface area (Å²) in [6, 6.07) is 56.2. The third-order valence-electron chi connectivity index (χ3n) is 10.7. The van der Waals surface area contributed by atoms with E-state index in [-0.39, 0.29) is 58.2 Å². The topological polar surface area (TPSA) is 38.7 Å². The maximum absolute atomic E-state index is 9.49. The van der Waals surface area contributed by atoms with Crippen LogP contribution in [0.15, 0.2) is 212 Å². The fourth-order valence-corrected chi connectivity index (χ4v) is 7.70. The zero-order valence-electron chi connectivity index (χ0n) is 37.1. The van der Waals surface area contributed by atoms with E-state index in [1.165, 1.54) is 0 Å². The zero-order valence-corrected chi connectivity index (χ0v) is 31.1. The summed E-state index contributed by atoms with van der Waals surface area (Å²) in [6.07, 6.45) is 0. The van der Waals surface area contributed by atoms with Crippen LogP contribution in [0.1, 0.15) is 8.22 Å². The van der Waals surface area contributed by atoms with E-state index in [4.69, 9.17) is 16.3 Å². The second kappa shape index (κ2) is 14.1. The van der Waals surface area contributed by atoms with Crippen molar-refractivity contribution in [1.29, 1.82) is 0 Å². The molecular weight excluding hydrogens is 703 g/mol. The van der Waals surface area contributed by atoms with Crippen LogP contribution in [0.4, 0.5) is 0 Å². The first-order chi connectivity index (χ1) is 31.2. The lowest BCUT2D eigenvalue weighted by Gasteiger charge is -2.12. The smallest absolute Gasteiger partial charge is 0.164 e. The van der Waals surface area contributed by atoms with Crippen LogP contribution >= 0.6 is 0 Å². The second-order valence-corrected chi connectivity index (χ2v) is 14.4. The van der Waals surface area contributed by atoms with Crippen LogP contribution in [-0.4, -0.2) is 15.0 Å². The Morgan fingerprint density at radius 2 is 0.741 bits per heavy atom. The van der Waals surface area contributed by atoms with Crippen LogP contribution < -0.4 is 0 Å². The van der Waals surface area contributed by atoms with E-state index in [0.717, 1.165) is 54.6 Å². The summed E-state index contributed by atoms with van der Waals surface area (Å²) in [6.45, 7) is 0. The van der Waals surface area contributed by atoms with Crippen molar-refractivity contribution in [2.45, 2.75) is 0 Å². The van der Waals surface area contributed by atoms with Crippen LogP contribution in [0.2, 0.25) is 0 Å². The van der Waals surface area contributed by atoms with Crippen molar-refractivity contribution in [3.8, 4) is 67.5 Å². The molecule has 0 unspecified atom stereocenters. The van der Waals surface area contributed by atoms with E-state index in [2.05, 4.69) is 66.7 Å². The minimum absolute atomic E-state index is 0.00591. The molecule has 3 nitrogen and oxygen atoms in total. The Morgan fingerprint density at radius 3 is 1.48 bits per heavy atom. The molecule has 0 aliphatic carbocycles. The highest BCUT2D eigenvalue weighted by Crippen LogP contribution is 2.35. The molecule has 0 spiro atoms. The number of aromatic nitrogens is 3. The highest BCUT2D eigenvalue weighted by Gasteiger charge is 2.15. The molecule has 11 aromatic rings. The second-order valence-electron chi connectivity index (χ2n) is 14.4. The summed E-state index contributed by atoms with van der Waals surface area (Å²) >= 11 is 0. The zero-order chi connectivity index (χ0) is 43.6.